The number of aryl methyl sites for hydroxylation is 1. The smallest absolute Gasteiger partial charge is 0.460 e. The Morgan fingerprint density at radius 3 is 1.79 bits per heavy atom. The first-order valence-electron chi connectivity index (χ1n) is 6.01. The van der Waals surface area contributed by atoms with E-state index in [9.17, 15) is 44.3 Å². The summed E-state index contributed by atoms with van der Waals surface area (Å²) in [5.41, 5.74) is -1.51. The van der Waals surface area contributed by atoms with Crippen molar-refractivity contribution in [1.82, 2.24) is 0 Å². The van der Waals surface area contributed by atoms with E-state index in [1.165, 1.54) is 0 Å². The highest BCUT2D eigenvalue weighted by atomic mass is 19.4. The average Bonchev–Trinajstić information content (AvgIpc) is 2.44. The zero-order valence-electron chi connectivity index (χ0n) is 12.0. The summed E-state index contributed by atoms with van der Waals surface area (Å²) in [6.45, 7) is 0.992. The van der Waals surface area contributed by atoms with Gasteiger partial charge in [0, 0.05) is 5.56 Å². The quantitative estimate of drug-likeness (QED) is 0.559. The van der Waals surface area contributed by atoms with Crippen LogP contribution in [0.15, 0.2) is 18.2 Å². The van der Waals surface area contributed by atoms with E-state index < -0.39 is 35.3 Å². The van der Waals surface area contributed by atoms with Gasteiger partial charge in [0.2, 0.25) is 5.78 Å². The number of halogens is 9. The van der Waals surface area contributed by atoms with Crippen molar-refractivity contribution in [2.75, 3.05) is 7.11 Å². The molecule has 0 heterocycles. The van der Waals surface area contributed by atoms with E-state index in [-0.39, 0.29) is 11.3 Å². The fraction of sp³-hybridized carbons (Fsp3) is 0.462. The van der Waals surface area contributed by atoms with Crippen LogP contribution in [0.2, 0.25) is 0 Å². The molecule has 0 aliphatic rings. The van der Waals surface area contributed by atoms with E-state index in [1.54, 1.807) is 0 Å². The first-order valence-corrected chi connectivity index (χ1v) is 6.01. The second kappa shape index (κ2) is 5.85. The molecule has 0 aliphatic heterocycles. The highest BCUT2D eigenvalue weighted by molar-refractivity contribution is 6.03. The van der Waals surface area contributed by atoms with Crippen LogP contribution in [0.4, 0.5) is 39.5 Å². The molecule has 0 N–H and O–H groups in total. The van der Waals surface area contributed by atoms with Gasteiger partial charge in [-0.05, 0) is 30.7 Å². The van der Waals surface area contributed by atoms with Crippen LogP contribution in [-0.2, 0) is 0 Å². The van der Waals surface area contributed by atoms with Crippen LogP contribution < -0.4 is 4.74 Å². The van der Waals surface area contributed by atoms with Gasteiger partial charge in [0.15, 0.2) is 0 Å². The Balaban J connectivity index is 3.40. The van der Waals surface area contributed by atoms with Crippen molar-refractivity contribution in [2.24, 2.45) is 0 Å². The van der Waals surface area contributed by atoms with E-state index in [1.807, 2.05) is 0 Å². The van der Waals surface area contributed by atoms with Crippen molar-refractivity contribution >= 4 is 5.78 Å². The minimum atomic E-state index is -7.11. The number of hydrogen-bond donors (Lipinski definition) is 0. The fourth-order valence-electron chi connectivity index (χ4n) is 1.70. The summed E-state index contributed by atoms with van der Waals surface area (Å²) in [6, 6.07) is 2.39. The predicted molar refractivity (Wildman–Crippen MR) is 63.0 cm³/mol. The molecule has 0 saturated carbocycles. The minimum Gasteiger partial charge on any atom is -0.497 e. The maximum absolute atomic E-state index is 13.6. The maximum Gasteiger partial charge on any atom is 0.460 e. The number of ether oxygens (including phenoxy) is 1. The number of alkyl halides is 9. The first kappa shape index (κ1) is 20.1. The Morgan fingerprint density at radius 1 is 0.917 bits per heavy atom. The highest BCUT2D eigenvalue weighted by Crippen LogP contribution is 2.53. The van der Waals surface area contributed by atoms with Crippen molar-refractivity contribution in [3.63, 3.8) is 0 Å². The number of hydrogen-bond acceptors (Lipinski definition) is 2. The van der Waals surface area contributed by atoms with E-state index in [2.05, 4.69) is 4.74 Å². The Hall–Kier alpha value is -1.94. The van der Waals surface area contributed by atoms with E-state index in [0.717, 1.165) is 26.2 Å². The van der Waals surface area contributed by atoms with Crippen LogP contribution in [0, 0.1) is 6.92 Å². The van der Waals surface area contributed by atoms with Gasteiger partial charge in [-0.25, -0.2) is 0 Å². The van der Waals surface area contributed by atoms with Gasteiger partial charge in [0.25, 0.3) is 0 Å². The lowest BCUT2D eigenvalue weighted by Gasteiger charge is -2.32. The third-order valence-electron chi connectivity index (χ3n) is 3.11. The van der Waals surface area contributed by atoms with Crippen molar-refractivity contribution < 1.29 is 49.0 Å². The second-order valence-electron chi connectivity index (χ2n) is 4.73. The van der Waals surface area contributed by atoms with Gasteiger partial charge < -0.3 is 4.74 Å². The van der Waals surface area contributed by atoms with Crippen molar-refractivity contribution in [3.8, 4) is 5.75 Å². The lowest BCUT2D eigenvalue weighted by Crippen LogP contribution is -2.63. The molecule has 1 rings (SSSR count). The number of benzene rings is 1. The molecule has 2 nitrogen and oxygen atoms in total. The van der Waals surface area contributed by atoms with Gasteiger partial charge in [-0.3, -0.25) is 4.79 Å². The number of Topliss-reactive ketones (excluding diaryl/α,β-unsaturated/α-hetero) is 1. The molecule has 0 saturated heterocycles. The number of methoxy groups -OCH3 is 1. The topological polar surface area (TPSA) is 26.3 Å². The molecule has 0 bridgehead atoms. The number of carbonyl (C=O) groups excluding carboxylic acids is 1. The van der Waals surface area contributed by atoms with Crippen LogP contribution in [0.1, 0.15) is 15.9 Å². The molecule has 1 aromatic carbocycles. The fourth-order valence-corrected chi connectivity index (χ4v) is 1.70. The molecule has 0 unspecified atom stereocenters. The van der Waals surface area contributed by atoms with E-state index in [0.29, 0.717) is 6.07 Å². The van der Waals surface area contributed by atoms with E-state index in [4.69, 9.17) is 0 Å². The van der Waals surface area contributed by atoms with Gasteiger partial charge in [0.1, 0.15) is 5.75 Å². The molecular formula is C13H9F9O2. The summed E-state index contributed by atoms with van der Waals surface area (Å²) in [5, 5.41) is 0. The monoisotopic (exact) mass is 368 g/mol. The summed E-state index contributed by atoms with van der Waals surface area (Å²) in [7, 11) is 1.16. The standard InChI is InChI=1S/C13H9F9O2/c1-6-5-7(24-2)3-4-8(6)9(23)10(14,15)11(16,17)12(18,19)13(20,21)22/h3-5H,1-2H3. The second-order valence-corrected chi connectivity index (χ2v) is 4.73. The van der Waals surface area contributed by atoms with Crippen molar-refractivity contribution in [3.05, 3.63) is 29.3 Å². The van der Waals surface area contributed by atoms with Gasteiger partial charge in [-0.1, -0.05) is 0 Å². The van der Waals surface area contributed by atoms with Crippen molar-refractivity contribution in [1.29, 1.82) is 0 Å². The largest absolute Gasteiger partial charge is 0.497 e. The van der Waals surface area contributed by atoms with Gasteiger partial charge in [-0.2, -0.15) is 39.5 Å². The SMILES string of the molecule is COc1ccc(C(=O)C(F)(F)C(F)(F)C(F)(F)C(F)(F)F)c(C)c1. The third-order valence-corrected chi connectivity index (χ3v) is 3.11. The minimum absolute atomic E-state index is 0.0275. The maximum atomic E-state index is 13.6. The van der Waals surface area contributed by atoms with Crippen LogP contribution >= 0.6 is 0 Å². The Morgan fingerprint density at radius 2 is 1.42 bits per heavy atom. The highest BCUT2D eigenvalue weighted by Gasteiger charge is 2.83. The summed E-state index contributed by atoms with van der Waals surface area (Å²) in [4.78, 5) is 11.5. The first-order chi connectivity index (χ1) is 10.6. The zero-order chi connectivity index (χ0) is 19.1. The molecule has 24 heavy (non-hydrogen) atoms. The van der Waals surface area contributed by atoms with Crippen LogP contribution in [-0.4, -0.2) is 36.8 Å². The molecule has 0 aromatic heterocycles. The zero-order valence-corrected chi connectivity index (χ0v) is 12.0. The molecular weight excluding hydrogens is 359 g/mol. The number of carbonyl (C=O) groups is 1. The summed E-state index contributed by atoms with van der Waals surface area (Å²) < 4.78 is 120. The Labute approximate surface area is 129 Å². The molecule has 1 aromatic rings. The summed E-state index contributed by atoms with van der Waals surface area (Å²) in [5.74, 6) is -23.2. The normalized spacial score (nSPS) is 13.8. The average molecular weight is 368 g/mol. The molecule has 136 valence electrons. The molecule has 0 atom stereocenters. The number of ketones is 1. The van der Waals surface area contributed by atoms with Gasteiger partial charge in [0.05, 0.1) is 7.11 Å². The van der Waals surface area contributed by atoms with Gasteiger partial charge in [-0.15, -0.1) is 0 Å². The lowest BCUT2D eigenvalue weighted by molar-refractivity contribution is -0.386. The Kier molecular flexibility index (Phi) is 4.90. The molecule has 0 radical (unpaired) electrons. The third kappa shape index (κ3) is 2.91. The predicted octanol–water partition coefficient (Wildman–Crippen LogP) is 4.65. The molecule has 0 spiro atoms. The summed E-state index contributed by atoms with van der Waals surface area (Å²) >= 11 is 0. The van der Waals surface area contributed by atoms with Crippen LogP contribution in [0.25, 0.3) is 0 Å². The summed E-state index contributed by atoms with van der Waals surface area (Å²) in [6.07, 6.45) is -6.98. The molecule has 0 amide bonds. The molecule has 11 heteroatoms. The molecule has 0 fully saturated rings. The molecule has 0 aliphatic carbocycles. The van der Waals surface area contributed by atoms with Crippen LogP contribution in [0.5, 0.6) is 5.75 Å². The lowest BCUT2D eigenvalue weighted by atomic mass is 9.93. The van der Waals surface area contributed by atoms with Crippen molar-refractivity contribution in [2.45, 2.75) is 30.9 Å². The van der Waals surface area contributed by atoms with Gasteiger partial charge >= 0.3 is 23.9 Å². The Bertz CT molecular complexity index is 635. The van der Waals surface area contributed by atoms with E-state index >= 15 is 0 Å². The van der Waals surface area contributed by atoms with Crippen LogP contribution in [0.3, 0.4) is 0 Å². The number of rotatable bonds is 5.